The summed E-state index contributed by atoms with van der Waals surface area (Å²) >= 11 is 0. The van der Waals surface area contributed by atoms with E-state index in [0.29, 0.717) is 43.2 Å². The first-order valence-corrected chi connectivity index (χ1v) is 10.8. The van der Waals surface area contributed by atoms with Gasteiger partial charge in [0.1, 0.15) is 5.75 Å². The van der Waals surface area contributed by atoms with Crippen LogP contribution in [0.4, 0.5) is 5.69 Å². The molecule has 4 rings (SSSR count). The standard InChI is InChI=1S/C23H28N4O4/c28-22(10-14-27-13-5-15-30-27)26-12-4-6-18(17-26)23(29)25-20-8-1-2-9-21(20)31-19-7-3-11-24-16-19/h1-3,7-9,11,16,18H,4-6,10,12-15,17H2,(H,25,29)/t18-/m1/s1. The van der Waals surface area contributed by atoms with Gasteiger partial charge < -0.3 is 15.0 Å². The Bertz CT molecular complexity index is 886. The minimum atomic E-state index is -0.243. The van der Waals surface area contributed by atoms with E-state index in [1.165, 1.54) is 0 Å². The molecular formula is C23H28N4O4. The molecule has 164 valence electrons. The Morgan fingerprint density at radius 2 is 2.06 bits per heavy atom. The molecule has 2 aliphatic heterocycles. The van der Waals surface area contributed by atoms with Crippen LogP contribution in [0.1, 0.15) is 25.7 Å². The molecule has 2 saturated heterocycles. The summed E-state index contributed by atoms with van der Waals surface area (Å²) in [4.78, 5) is 36.9. The van der Waals surface area contributed by atoms with Crippen LogP contribution in [0.25, 0.3) is 0 Å². The van der Waals surface area contributed by atoms with Crippen LogP contribution in [0.3, 0.4) is 0 Å². The first-order chi connectivity index (χ1) is 15.2. The zero-order valence-corrected chi connectivity index (χ0v) is 17.5. The number of piperidine rings is 1. The number of hydroxylamine groups is 2. The molecule has 2 aliphatic rings. The summed E-state index contributed by atoms with van der Waals surface area (Å²) in [7, 11) is 0. The lowest BCUT2D eigenvalue weighted by Gasteiger charge is -2.32. The molecule has 8 nitrogen and oxygen atoms in total. The van der Waals surface area contributed by atoms with Crippen molar-refractivity contribution in [3.8, 4) is 11.5 Å². The third-order valence-electron chi connectivity index (χ3n) is 5.55. The number of nitrogens with zero attached hydrogens (tertiary/aromatic N) is 3. The third kappa shape index (κ3) is 5.80. The van der Waals surface area contributed by atoms with E-state index < -0.39 is 0 Å². The lowest BCUT2D eigenvalue weighted by atomic mass is 9.96. The highest BCUT2D eigenvalue weighted by Crippen LogP contribution is 2.30. The topological polar surface area (TPSA) is 84.0 Å². The lowest BCUT2D eigenvalue weighted by molar-refractivity contribution is -0.141. The van der Waals surface area contributed by atoms with Gasteiger partial charge in [-0.1, -0.05) is 12.1 Å². The predicted molar refractivity (Wildman–Crippen MR) is 115 cm³/mol. The van der Waals surface area contributed by atoms with Gasteiger partial charge in [0.25, 0.3) is 0 Å². The highest BCUT2D eigenvalue weighted by molar-refractivity contribution is 5.94. The zero-order valence-electron chi connectivity index (χ0n) is 17.5. The molecule has 0 saturated carbocycles. The maximum absolute atomic E-state index is 13.0. The second-order valence-corrected chi connectivity index (χ2v) is 7.82. The molecule has 0 radical (unpaired) electrons. The number of likely N-dealkylation sites (tertiary alicyclic amines) is 1. The van der Waals surface area contributed by atoms with Crippen molar-refractivity contribution in [2.75, 3.05) is 38.1 Å². The predicted octanol–water partition coefficient (Wildman–Crippen LogP) is 3.08. The Kier molecular flexibility index (Phi) is 7.11. The molecule has 2 amide bonds. The smallest absolute Gasteiger partial charge is 0.229 e. The van der Waals surface area contributed by atoms with E-state index in [9.17, 15) is 9.59 Å². The van der Waals surface area contributed by atoms with E-state index in [1.54, 1.807) is 24.5 Å². The number of aromatic nitrogens is 1. The Hall–Kier alpha value is -2.97. The van der Waals surface area contributed by atoms with Crippen molar-refractivity contribution < 1.29 is 19.2 Å². The number of amides is 2. The molecule has 31 heavy (non-hydrogen) atoms. The summed E-state index contributed by atoms with van der Waals surface area (Å²) in [5.74, 6) is 0.891. The van der Waals surface area contributed by atoms with Crippen molar-refractivity contribution in [2.45, 2.75) is 25.7 Å². The number of ether oxygens (including phenoxy) is 1. The highest BCUT2D eigenvalue weighted by Gasteiger charge is 2.29. The first kappa shape index (κ1) is 21.3. The number of carbonyl (C=O) groups excluding carboxylic acids is 2. The number of benzene rings is 1. The minimum absolute atomic E-state index is 0.0771. The summed E-state index contributed by atoms with van der Waals surface area (Å²) in [6.45, 7) is 3.34. The van der Waals surface area contributed by atoms with E-state index in [4.69, 9.17) is 9.57 Å². The van der Waals surface area contributed by atoms with Crippen molar-refractivity contribution in [3.63, 3.8) is 0 Å². The minimum Gasteiger partial charge on any atom is -0.454 e. The zero-order chi connectivity index (χ0) is 21.5. The van der Waals surface area contributed by atoms with Crippen molar-refractivity contribution in [3.05, 3.63) is 48.8 Å². The first-order valence-electron chi connectivity index (χ1n) is 10.8. The average Bonchev–Trinajstić information content (AvgIpc) is 3.33. The van der Waals surface area contributed by atoms with Crippen LogP contribution in [-0.4, -0.2) is 59.5 Å². The van der Waals surface area contributed by atoms with Crippen molar-refractivity contribution >= 4 is 17.5 Å². The van der Waals surface area contributed by atoms with Crippen LogP contribution in [0.5, 0.6) is 11.5 Å². The van der Waals surface area contributed by atoms with Crippen LogP contribution < -0.4 is 10.1 Å². The number of para-hydroxylation sites is 2. The largest absolute Gasteiger partial charge is 0.454 e. The van der Waals surface area contributed by atoms with Crippen LogP contribution >= 0.6 is 0 Å². The fraction of sp³-hybridized carbons (Fsp3) is 0.435. The molecule has 2 fully saturated rings. The Labute approximate surface area is 182 Å². The van der Waals surface area contributed by atoms with Gasteiger partial charge in [0.15, 0.2) is 5.75 Å². The van der Waals surface area contributed by atoms with E-state index in [0.717, 1.165) is 32.4 Å². The number of pyridine rings is 1. The van der Waals surface area contributed by atoms with Gasteiger partial charge >= 0.3 is 0 Å². The molecule has 3 heterocycles. The summed E-state index contributed by atoms with van der Waals surface area (Å²) in [5, 5.41) is 4.84. The number of anilines is 1. The normalized spacial score (nSPS) is 19.2. The molecule has 1 N–H and O–H groups in total. The van der Waals surface area contributed by atoms with Gasteiger partial charge in [-0.25, -0.2) is 0 Å². The number of hydrogen-bond acceptors (Lipinski definition) is 6. The number of carbonyl (C=O) groups is 2. The second-order valence-electron chi connectivity index (χ2n) is 7.82. The number of nitrogens with one attached hydrogen (secondary N) is 1. The summed E-state index contributed by atoms with van der Waals surface area (Å²) in [5.41, 5.74) is 0.603. The molecule has 0 spiro atoms. The van der Waals surface area contributed by atoms with Crippen LogP contribution in [0, 0.1) is 5.92 Å². The van der Waals surface area contributed by atoms with Crippen molar-refractivity contribution in [1.82, 2.24) is 14.9 Å². The average molecular weight is 425 g/mol. The number of rotatable bonds is 7. The fourth-order valence-corrected chi connectivity index (χ4v) is 3.90. The maximum Gasteiger partial charge on any atom is 0.229 e. The van der Waals surface area contributed by atoms with E-state index >= 15 is 0 Å². The SMILES string of the molecule is O=C(Nc1ccccc1Oc1cccnc1)[C@@H]1CCCN(C(=O)CCN2CCCO2)C1. The molecular weight excluding hydrogens is 396 g/mol. The van der Waals surface area contributed by atoms with Gasteiger partial charge in [-0.15, -0.1) is 0 Å². The molecule has 0 aliphatic carbocycles. The van der Waals surface area contributed by atoms with Gasteiger partial charge in [0, 0.05) is 38.8 Å². The van der Waals surface area contributed by atoms with Gasteiger partial charge in [0.05, 0.1) is 24.4 Å². The van der Waals surface area contributed by atoms with Gasteiger partial charge in [-0.2, -0.15) is 5.06 Å². The van der Waals surface area contributed by atoms with E-state index in [2.05, 4.69) is 10.3 Å². The van der Waals surface area contributed by atoms with Crippen LogP contribution in [-0.2, 0) is 14.4 Å². The second kappa shape index (κ2) is 10.4. The molecule has 0 bridgehead atoms. The highest BCUT2D eigenvalue weighted by atomic mass is 16.7. The number of hydrogen-bond donors (Lipinski definition) is 1. The summed E-state index contributed by atoms with van der Waals surface area (Å²) < 4.78 is 5.88. The van der Waals surface area contributed by atoms with Crippen LogP contribution in [0.2, 0.25) is 0 Å². The van der Waals surface area contributed by atoms with Gasteiger partial charge in [0.2, 0.25) is 11.8 Å². The molecule has 1 aromatic carbocycles. The maximum atomic E-state index is 13.0. The monoisotopic (exact) mass is 424 g/mol. The lowest BCUT2D eigenvalue weighted by Crippen LogP contribution is -2.44. The summed E-state index contributed by atoms with van der Waals surface area (Å²) in [6.07, 6.45) is 6.29. The molecule has 1 aromatic heterocycles. The van der Waals surface area contributed by atoms with E-state index in [-0.39, 0.29) is 17.7 Å². The van der Waals surface area contributed by atoms with Gasteiger partial charge in [-0.05, 0) is 43.5 Å². The molecule has 0 unspecified atom stereocenters. The Morgan fingerprint density at radius 1 is 1.16 bits per heavy atom. The molecule has 8 heteroatoms. The quantitative estimate of drug-likeness (QED) is 0.735. The molecule has 2 aromatic rings. The fourth-order valence-electron chi connectivity index (χ4n) is 3.90. The van der Waals surface area contributed by atoms with Crippen LogP contribution in [0.15, 0.2) is 48.8 Å². The van der Waals surface area contributed by atoms with Gasteiger partial charge in [-0.3, -0.25) is 19.4 Å². The Morgan fingerprint density at radius 3 is 2.87 bits per heavy atom. The van der Waals surface area contributed by atoms with E-state index in [1.807, 2.05) is 34.2 Å². The third-order valence-corrected chi connectivity index (χ3v) is 5.55. The molecule has 1 atom stereocenters. The Balaban J connectivity index is 1.33. The van der Waals surface area contributed by atoms with Crippen molar-refractivity contribution in [2.24, 2.45) is 5.92 Å². The van der Waals surface area contributed by atoms with Crippen molar-refractivity contribution in [1.29, 1.82) is 0 Å². The summed E-state index contributed by atoms with van der Waals surface area (Å²) in [6, 6.07) is 10.9.